The first-order valence-electron chi connectivity index (χ1n) is 10.7. The average Bonchev–Trinajstić information content (AvgIpc) is 3.34. The van der Waals surface area contributed by atoms with Crippen LogP contribution in [0.1, 0.15) is 16.8 Å². The number of methoxy groups -OCH3 is 1. The Morgan fingerprint density at radius 1 is 1.14 bits per heavy atom. The molecule has 0 aliphatic heterocycles. The summed E-state index contributed by atoms with van der Waals surface area (Å²) in [6.45, 7) is 3.67. The van der Waals surface area contributed by atoms with Gasteiger partial charge in [0.25, 0.3) is 0 Å². The second-order valence-corrected chi connectivity index (χ2v) is 8.73. The zero-order chi connectivity index (χ0) is 25.1. The van der Waals surface area contributed by atoms with Crippen LogP contribution in [0.15, 0.2) is 53.7 Å². The largest absolute Gasteiger partial charge is 0.497 e. The van der Waals surface area contributed by atoms with Gasteiger partial charge in [0.2, 0.25) is 5.91 Å². The number of carbonyl (C=O) groups excluding carboxylic acids is 1. The van der Waals surface area contributed by atoms with Gasteiger partial charge in [0.05, 0.1) is 18.4 Å². The molecule has 0 radical (unpaired) electrons. The van der Waals surface area contributed by atoms with E-state index < -0.39 is 0 Å². The summed E-state index contributed by atoms with van der Waals surface area (Å²) in [6.07, 6.45) is 0. The standard InChI is InChI=1S/C25H23FN6O2S/c1-15-16(2)32(19-9-7-18(26)8-10-19)24(21(15)13-27)28-22(33)14-35-25-30-29-23(31(25)3)17-5-11-20(34-4)12-6-17/h5-12H,14H2,1-4H3,(H,28,33). The van der Waals surface area contributed by atoms with Crippen molar-refractivity contribution in [3.8, 4) is 28.9 Å². The molecule has 0 aliphatic rings. The lowest BCUT2D eigenvalue weighted by Gasteiger charge is -2.13. The summed E-state index contributed by atoms with van der Waals surface area (Å²) in [5, 5.41) is 21.6. The Labute approximate surface area is 206 Å². The number of hydrogen-bond acceptors (Lipinski definition) is 6. The van der Waals surface area contributed by atoms with E-state index in [4.69, 9.17) is 4.74 Å². The molecule has 0 unspecified atom stereocenters. The summed E-state index contributed by atoms with van der Waals surface area (Å²) in [5.74, 6) is 1.16. The van der Waals surface area contributed by atoms with Crippen LogP contribution in [0.4, 0.5) is 10.2 Å². The predicted molar refractivity (Wildman–Crippen MR) is 132 cm³/mol. The van der Waals surface area contributed by atoms with Gasteiger partial charge in [0.1, 0.15) is 23.5 Å². The lowest BCUT2D eigenvalue weighted by atomic mass is 10.2. The van der Waals surface area contributed by atoms with E-state index in [9.17, 15) is 14.4 Å². The number of anilines is 1. The summed E-state index contributed by atoms with van der Waals surface area (Å²) in [4.78, 5) is 12.9. The van der Waals surface area contributed by atoms with Crippen molar-refractivity contribution in [1.82, 2.24) is 19.3 Å². The second kappa shape index (κ2) is 10.0. The highest BCUT2D eigenvalue weighted by Gasteiger charge is 2.21. The maximum atomic E-state index is 13.4. The van der Waals surface area contributed by atoms with Gasteiger partial charge >= 0.3 is 0 Å². The zero-order valence-electron chi connectivity index (χ0n) is 19.7. The smallest absolute Gasteiger partial charge is 0.236 e. The Balaban J connectivity index is 1.53. The molecule has 8 nitrogen and oxygen atoms in total. The number of nitrogens with one attached hydrogen (secondary N) is 1. The maximum absolute atomic E-state index is 13.4. The number of amides is 1. The molecule has 35 heavy (non-hydrogen) atoms. The highest BCUT2D eigenvalue weighted by molar-refractivity contribution is 7.99. The van der Waals surface area contributed by atoms with Gasteiger partial charge in [-0.25, -0.2) is 4.39 Å². The molecule has 4 aromatic rings. The van der Waals surface area contributed by atoms with Crippen molar-refractivity contribution < 1.29 is 13.9 Å². The number of hydrogen-bond donors (Lipinski definition) is 1. The molecule has 178 valence electrons. The minimum atomic E-state index is -0.365. The number of halogens is 1. The van der Waals surface area contributed by atoms with Gasteiger partial charge in [-0.05, 0) is 67.9 Å². The van der Waals surface area contributed by atoms with Crippen LogP contribution in [-0.2, 0) is 11.8 Å². The second-order valence-electron chi connectivity index (χ2n) is 7.79. The molecule has 4 rings (SSSR count). The quantitative estimate of drug-likeness (QED) is 0.379. The molecule has 0 saturated carbocycles. The Hall–Kier alpha value is -4.10. The fraction of sp³-hybridized carbons (Fsp3) is 0.200. The van der Waals surface area contributed by atoms with E-state index in [0.717, 1.165) is 22.6 Å². The minimum Gasteiger partial charge on any atom is -0.497 e. The number of ether oxygens (including phenoxy) is 1. The maximum Gasteiger partial charge on any atom is 0.236 e. The first-order chi connectivity index (χ1) is 16.8. The molecule has 0 atom stereocenters. The molecular weight excluding hydrogens is 467 g/mol. The Bertz CT molecular complexity index is 1420. The average molecular weight is 491 g/mol. The topological polar surface area (TPSA) is 97.8 Å². The minimum absolute atomic E-state index is 0.0617. The summed E-state index contributed by atoms with van der Waals surface area (Å²) in [6, 6.07) is 15.5. The number of thioether (sulfide) groups is 1. The lowest BCUT2D eigenvalue weighted by molar-refractivity contribution is -0.113. The van der Waals surface area contributed by atoms with Gasteiger partial charge in [-0.2, -0.15) is 5.26 Å². The number of nitriles is 1. The number of nitrogens with zero attached hydrogens (tertiary/aromatic N) is 5. The molecule has 0 bridgehead atoms. The van der Waals surface area contributed by atoms with Crippen LogP contribution in [0.5, 0.6) is 5.75 Å². The van der Waals surface area contributed by atoms with Crippen LogP contribution in [0, 0.1) is 31.0 Å². The molecular formula is C25H23FN6O2S. The molecule has 1 amide bonds. The van der Waals surface area contributed by atoms with Gasteiger partial charge in [0.15, 0.2) is 11.0 Å². The van der Waals surface area contributed by atoms with Gasteiger partial charge in [-0.15, -0.1) is 10.2 Å². The van der Waals surface area contributed by atoms with Crippen LogP contribution in [0.25, 0.3) is 17.1 Å². The van der Waals surface area contributed by atoms with Crippen molar-refractivity contribution >= 4 is 23.5 Å². The Kier molecular flexibility index (Phi) is 6.89. The number of aromatic nitrogens is 4. The van der Waals surface area contributed by atoms with Crippen molar-refractivity contribution in [1.29, 1.82) is 5.26 Å². The molecule has 2 aromatic carbocycles. The summed E-state index contributed by atoms with van der Waals surface area (Å²) < 4.78 is 22.2. The third-order valence-electron chi connectivity index (χ3n) is 5.68. The molecule has 10 heteroatoms. The van der Waals surface area contributed by atoms with Crippen molar-refractivity contribution in [2.24, 2.45) is 7.05 Å². The van der Waals surface area contributed by atoms with E-state index in [1.165, 1.54) is 23.9 Å². The van der Waals surface area contributed by atoms with Crippen LogP contribution >= 0.6 is 11.8 Å². The fourth-order valence-electron chi connectivity index (χ4n) is 3.70. The Morgan fingerprint density at radius 3 is 2.46 bits per heavy atom. The van der Waals surface area contributed by atoms with Crippen LogP contribution in [0.2, 0.25) is 0 Å². The molecule has 0 aliphatic carbocycles. The predicted octanol–water partition coefficient (Wildman–Crippen LogP) is 4.64. The first kappa shape index (κ1) is 24.0. The number of benzene rings is 2. The van der Waals surface area contributed by atoms with Gasteiger partial charge in [-0.3, -0.25) is 9.36 Å². The summed E-state index contributed by atoms with van der Waals surface area (Å²) >= 11 is 1.24. The van der Waals surface area contributed by atoms with Crippen molar-refractivity contribution in [2.75, 3.05) is 18.2 Å². The number of rotatable bonds is 7. The zero-order valence-corrected chi connectivity index (χ0v) is 20.5. The van der Waals surface area contributed by atoms with E-state index in [1.807, 2.05) is 49.7 Å². The van der Waals surface area contributed by atoms with E-state index in [0.29, 0.717) is 28.0 Å². The molecule has 0 spiro atoms. The highest BCUT2D eigenvalue weighted by atomic mass is 32.2. The van der Waals surface area contributed by atoms with Crippen LogP contribution in [-0.4, -0.2) is 38.1 Å². The van der Waals surface area contributed by atoms with Crippen molar-refractivity contribution in [3.63, 3.8) is 0 Å². The van der Waals surface area contributed by atoms with Crippen LogP contribution < -0.4 is 10.1 Å². The third kappa shape index (κ3) is 4.76. The van der Waals surface area contributed by atoms with Gasteiger partial charge in [0, 0.05) is 24.0 Å². The van der Waals surface area contributed by atoms with Gasteiger partial charge in [-0.1, -0.05) is 11.8 Å². The number of carbonyl (C=O) groups is 1. The third-order valence-corrected chi connectivity index (χ3v) is 6.70. The summed E-state index contributed by atoms with van der Waals surface area (Å²) in [5.41, 5.74) is 3.42. The fourth-order valence-corrected chi connectivity index (χ4v) is 4.42. The molecule has 0 saturated heterocycles. The van der Waals surface area contributed by atoms with E-state index in [-0.39, 0.29) is 17.5 Å². The molecule has 1 N–H and O–H groups in total. The first-order valence-corrected chi connectivity index (χ1v) is 11.7. The highest BCUT2D eigenvalue weighted by Crippen LogP contribution is 2.31. The SMILES string of the molecule is COc1ccc(-c2nnc(SCC(=O)Nc3c(C#N)c(C)c(C)n3-c3ccc(F)cc3)n2C)cc1. The van der Waals surface area contributed by atoms with Crippen molar-refractivity contribution in [2.45, 2.75) is 19.0 Å². The molecule has 0 fully saturated rings. The monoisotopic (exact) mass is 490 g/mol. The molecule has 2 heterocycles. The summed E-state index contributed by atoms with van der Waals surface area (Å²) in [7, 11) is 3.44. The molecule has 2 aromatic heterocycles. The Morgan fingerprint density at radius 2 is 1.83 bits per heavy atom. The van der Waals surface area contributed by atoms with E-state index in [2.05, 4.69) is 21.6 Å². The van der Waals surface area contributed by atoms with Crippen molar-refractivity contribution in [3.05, 3.63) is 71.2 Å². The van der Waals surface area contributed by atoms with Gasteiger partial charge < -0.3 is 14.6 Å². The lowest BCUT2D eigenvalue weighted by Crippen LogP contribution is -2.18. The normalized spacial score (nSPS) is 10.7. The van der Waals surface area contributed by atoms with Crippen LogP contribution in [0.3, 0.4) is 0 Å². The van der Waals surface area contributed by atoms with E-state index >= 15 is 0 Å². The van der Waals surface area contributed by atoms with E-state index in [1.54, 1.807) is 23.8 Å².